The number of piperidine rings is 1. The molecular weight excluding hydrogens is 479 g/mol. The number of nitrogens with one attached hydrogen (secondary N) is 1. The van der Waals surface area contributed by atoms with Gasteiger partial charge >= 0.3 is 0 Å². The Labute approximate surface area is 193 Å². The van der Waals surface area contributed by atoms with Crippen molar-refractivity contribution in [1.29, 1.82) is 0 Å². The summed E-state index contributed by atoms with van der Waals surface area (Å²) >= 11 is 0. The van der Waals surface area contributed by atoms with Gasteiger partial charge in [-0.1, -0.05) is 6.92 Å². The van der Waals surface area contributed by atoms with E-state index in [4.69, 9.17) is 9.73 Å². The van der Waals surface area contributed by atoms with Gasteiger partial charge in [-0.15, -0.1) is 24.0 Å². The van der Waals surface area contributed by atoms with Crippen molar-refractivity contribution < 1.29 is 4.74 Å². The van der Waals surface area contributed by atoms with Crippen LogP contribution in [0.15, 0.2) is 17.4 Å². The van der Waals surface area contributed by atoms with E-state index in [1.165, 1.54) is 38.9 Å². The van der Waals surface area contributed by atoms with Crippen molar-refractivity contribution in [3.8, 4) is 0 Å². The molecule has 1 aromatic heterocycles. The number of aryl methyl sites for hydroxylation is 1. The van der Waals surface area contributed by atoms with E-state index in [1.54, 1.807) is 0 Å². The molecule has 0 spiro atoms. The molecule has 3 heterocycles. The van der Waals surface area contributed by atoms with Crippen LogP contribution in [-0.4, -0.2) is 78.0 Å². The summed E-state index contributed by atoms with van der Waals surface area (Å²) in [4.78, 5) is 9.85. The van der Waals surface area contributed by atoms with Gasteiger partial charge in [-0.05, 0) is 58.2 Å². The molecule has 1 atom stereocenters. The molecule has 1 N–H and O–H groups in total. The van der Waals surface area contributed by atoms with Gasteiger partial charge in [0.2, 0.25) is 0 Å². The van der Waals surface area contributed by atoms with Crippen LogP contribution in [-0.2, 0) is 11.8 Å². The van der Waals surface area contributed by atoms with Crippen LogP contribution in [0.25, 0.3) is 0 Å². The first-order chi connectivity index (χ1) is 13.7. The summed E-state index contributed by atoms with van der Waals surface area (Å²) < 4.78 is 7.80. The maximum absolute atomic E-state index is 5.97. The summed E-state index contributed by atoms with van der Waals surface area (Å²) in [5, 5.41) is 7.74. The third-order valence-corrected chi connectivity index (χ3v) is 5.82. The van der Waals surface area contributed by atoms with Gasteiger partial charge in [0.25, 0.3) is 0 Å². The van der Waals surface area contributed by atoms with E-state index in [2.05, 4.69) is 34.1 Å². The number of hydrogen-bond donors (Lipinski definition) is 1. The van der Waals surface area contributed by atoms with E-state index in [-0.39, 0.29) is 30.1 Å². The quantitative estimate of drug-likeness (QED) is 0.261. The Balaban J connectivity index is 0.00000300. The van der Waals surface area contributed by atoms with Crippen LogP contribution in [0.4, 0.5) is 0 Å². The summed E-state index contributed by atoms with van der Waals surface area (Å²) in [5.41, 5.74) is 1.14. The second-order valence-electron chi connectivity index (χ2n) is 8.22. The highest BCUT2D eigenvalue weighted by atomic mass is 127. The number of hydrogen-bond acceptors (Lipinski definition) is 4. The lowest BCUT2D eigenvalue weighted by atomic mass is 9.99. The second kappa shape index (κ2) is 12.7. The van der Waals surface area contributed by atoms with E-state index < -0.39 is 0 Å². The van der Waals surface area contributed by atoms with E-state index in [0.717, 1.165) is 56.6 Å². The minimum atomic E-state index is 0. The number of guanidine groups is 1. The first-order valence-corrected chi connectivity index (χ1v) is 11.0. The summed E-state index contributed by atoms with van der Waals surface area (Å²) in [6.07, 6.45) is 9.11. The Morgan fingerprint density at radius 1 is 1.28 bits per heavy atom. The van der Waals surface area contributed by atoms with Gasteiger partial charge in [0.15, 0.2) is 5.96 Å². The van der Waals surface area contributed by atoms with Crippen molar-refractivity contribution in [2.75, 3.05) is 52.4 Å². The van der Waals surface area contributed by atoms with Crippen molar-refractivity contribution in [2.24, 2.45) is 18.0 Å². The number of ether oxygens (including phenoxy) is 1. The Hall–Kier alpha value is -0.870. The number of halogens is 1. The lowest BCUT2D eigenvalue weighted by Gasteiger charge is -2.34. The van der Waals surface area contributed by atoms with Gasteiger partial charge in [-0.3, -0.25) is 9.67 Å². The highest BCUT2D eigenvalue weighted by Gasteiger charge is 2.25. The molecule has 0 saturated carbocycles. The fourth-order valence-electron chi connectivity index (χ4n) is 3.99. The third kappa shape index (κ3) is 7.71. The van der Waals surface area contributed by atoms with Crippen LogP contribution in [0.5, 0.6) is 0 Å². The normalized spacial score (nSPS) is 21.8. The molecule has 1 aromatic rings. The molecule has 1 unspecified atom stereocenters. The zero-order chi connectivity index (χ0) is 19.8. The van der Waals surface area contributed by atoms with Crippen LogP contribution < -0.4 is 5.32 Å². The van der Waals surface area contributed by atoms with Gasteiger partial charge < -0.3 is 19.9 Å². The highest BCUT2D eigenvalue weighted by Crippen LogP contribution is 2.21. The minimum absolute atomic E-state index is 0. The largest absolute Gasteiger partial charge is 0.370 e. The molecule has 3 rings (SSSR count). The average molecular weight is 518 g/mol. The Bertz CT molecular complexity index is 614. The number of likely N-dealkylation sites (tertiary alicyclic amines) is 1. The zero-order valence-electron chi connectivity index (χ0n) is 18.3. The molecule has 0 radical (unpaired) electrons. The van der Waals surface area contributed by atoms with Gasteiger partial charge in [-0.2, -0.15) is 5.10 Å². The van der Waals surface area contributed by atoms with Crippen molar-refractivity contribution in [3.05, 3.63) is 18.0 Å². The maximum atomic E-state index is 5.97. The predicted octanol–water partition coefficient (Wildman–Crippen LogP) is 2.89. The average Bonchev–Trinajstić information content (AvgIpc) is 3.15. The van der Waals surface area contributed by atoms with Crippen molar-refractivity contribution in [2.45, 2.75) is 45.6 Å². The maximum Gasteiger partial charge on any atom is 0.194 e. The first-order valence-electron chi connectivity index (χ1n) is 11.0. The van der Waals surface area contributed by atoms with Crippen LogP contribution in [0.3, 0.4) is 0 Å². The van der Waals surface area contributed by atoms with E-state index >= 15 is 0 Å². The summed E-state index contributed by atoms with van der Waals surface area (Å²) in [6, 6.07) is 0. The Morgan fingerprint density at radius 2 is 2.07 bits per heavy atom. The number of aliphatic imine (C=N–C) groups is 1. The van der Waals surface area contributed by atoms with E-state index in [9.17, 15) is 0 Å². The fourth-order valence-corrected chi connectivity index (χ4v) is 3.99. The van der Waals surface area contributed by atoms with Crippen LogP contribution in [0.1, 0.15) is 51.2 Å². The molecule has 166 valence electrons. The Kier molecular flexibility index (Phi) is 10.7. The van der Waals surface area contributed by atoms with E-state index in [0.29, 0.717) is 0 Å². The standard InChI is InChI=1S/C21H38N6O.HI/c1-4-22-21(23-9-5-6-10-26-11-7-18(2)8-12-26)27-13-14-28-20(17-27)19-15-24-25(3)16-19;/h15-16,18,20H,4-14,17H2,1-3H3,(H,22,23);1H. The zero-order valence-corrected chi connectivity index (χ0v) is 20.7. The molecule has 0 amide bonds. The van der Waals surface area contributed by atoms with Gasteiger partial charge in [0.05, 0.1) is 19.3 Å². The minimum Gasteiger partial charge on any atom is -0.370 e. The molecule has 2 fully saturated rings. The summed E-state index contributed by atoms with van der Waals surface area (Å²) in [7, 11) is 1.94. The third-order valence-electron chi connectivity index (χ3n) is 5.82. The molecule has 7 nitrogen and oxygen atoms in total. The molecule has 2 saturated heterocycles. The van der Waals surface area contributed by atoms with Crippen molar-refractivity contribution in [3.63, 3.8) is 0 Å². The van der Waals surface area contributed by atoms with Crippen LogP contribution in [0.2, 0.25) is 0 Å². The SMILES string of the molecule is CCNC(=NCCCCN1CCC(C)CC1)N1CCOC(c2cnn(C)c2)C1.I. The number of aromatic nitrogens is 2. The second-order valence-corrected chi connectivity index (χ2v) is 8.22. The monoisotopic (exact) mass is 518 g/mol. The molecule has 0 bridgehead atoms. The molecule has 2 aliphatic heterocycles. The molecule has 8 heteroatoms. The molecular formula is C21H39IN6O. The van der Waals surface area contributed by atoms with Gasteiger partial charge in [-0.25, -0.2) is 0 Å². The predicted molar refractivity (Wildman–Crippen MR) is 129 cm³/mol. The van der Waals surface area contributed by atoms with Crippen LogP contribution >= 0.6 is 24.0 Å². The number of nitrogens with zero attached hydrogens (tertiary/aromatic N) is 5. The Morgan fingerprint density at radius 3 is 2.76 bits per heavy atom. The topological polar surface area (TPSA) is 57.9 Å². The first kappa shape index (κ1) is 24.4. The van der Waals surface area contributed by atoms with E-state index in [1.807, 2.05) is 24.1 Å². The highest BCUT2D eigenvalue weighted by molar-refractivity contribution is 14.0. The van der Waals surface area contributed by atoms with Crippen LogP contribution in [0, 0.1) is 5.92 Å². The summed E-state index contributed by atoms with van der Waals surface area (Å²) in [5.74, 6) is 1.93. The molecule has 0 aromatic carbocycles. The number of unbranched alkanes of at least 4 members (excludes halogenated alkanes) is 1. The molecule has 2 aliphatic rings. The lowest BCUT2D eigenvalue weighted by Crippen LogP contribution is -2.48. The number of morpholine rings is 1. The lowest BCUT2D eigenvalue weighted by molar-refractivity contribution is -0.00804. The van der Waals surface area contributed by atoms with Gasteiger partial charge in [0, 0.05) is 38.4 Å². The number of rotatable bonds is 7. The molecule has 29 heavy (non-hydrogen) atoms. The van der Waals surface area contributed by atoms with Crippen molar-refractivity contribution in [1.82, 2.24) is 24.9 Å². The van der Waals surface area contributed by atoms with Crippen molar-refractivity contribution >= 4 is 29.9 Å². The van der Waals surface area contributed by atoms with Gasteiger partial charge in [0.1, 0.15) is 6.10 Å². The molecule has 0 aliphatic carbocycles. The summed E-state index contributed by atoms with van der Waals surface area (Å²) in [6.45, 7) is 12.5. The fraction of sp³-hybridized carbons (Fsp3) is 0.810. The smallest absolute Gasteiger partial charge is 0.194 e.